The molecule has 0 unspecified atom stereocenters. The number of aryl methyl sites for hydroxylation is 1. The molecule has 9 heteroatoms. The number of anilines is 1. The van der Waals surface area contributed by atoms with Gasteiger partial charge in [0.2, 0.25) is 0 Å². The van der Waals surface area contributed by atoms with Gasteiger partial charge in [0.15, 0.2) is 0 Å². The van der Waals surface area contributed by atoms with E-state index in [-0.39, 0.29) is 0 Å². The molecule has 146 valence electrons. The molecule has 0 aliphatic heterocycles. The number of rotatable bonds is 4. The van der Waals surface area contributed by atoms with E-state index in [4.69, 9.17) is 15.0 Å². The van der Waals surface area contributed by atoms with Crippen molar-refractivity contribution in [3.63, 3.8) is 0 Å². The first kappa shape index (κ1) is 21.9. The average molecular weight is 384 g/mol. The molecule has 2 N–H and O–H groups in total. The molecule has 2 rings (SSSR count). The van der Waals surface area contributed by atoms with Crippen LogP contribution in [0.4, 0.5) is 18.9 Å². The van der Waals surface area contributed by atoms with Gasteiger partial charge in [-0.1, -0.05) is 12.1 Å². The SMILES string of the molecule is Cc1ccc(CN(C)c2cccc(C(=O)O)c2C)cn1.O=C(O)C(F)(F)F. The van der Waals surface area contributed by atoms with Crippen molar-refractivity contribution in [1.29, 1.82) is 0 Å². The van der Waals surface area contributed by atoms with Gasteiger partial charge in [-0.05, 0) is 43.2 Å². The first-order chi connectivity index (χ1) is 12.4. The maximum atomic E-state index is 11.2. The fourth-order valence-corrected chi connectivity index (χ4v) is 2.22. The van der Waals surface area contributed by atoms with E-state index in [2.05, 4.69) is 4.98 Å². The summed E-state index contributed by atoms with van der Waals surface area (Å²) in [6.07, 6.45) is -3.23. The molecule has 0 aliphatic rings. The number of alkyl halides is 3. The maximum Gasteiger partial charge on any atom is 0.490 e. The number of aromatic carboxylic acids is 1. The fraction of sp³-hybridized carbons (Fsp3) is 0.278. The Balaban J connectivity index is 0.000000445. The first-order valence-electron chi connectivity index (χ1n) is 7.69. The number of carboxylic acid groups (broad SMARTS) is 2. The lowest BCUT2D eigenvalue weighted by atomic mass is 10.1. The highest BCUT2D eigenvalue weighted by molar-refractivity contribution is 5.91. The van der Waals surface area contributed by atoms with Gasteiger partial charge >= 0.3 is 18.1 Å². The number of carboxylic acids is 2. The Morgan fingerprint density at radius 1 is 1.11 bits per heavy atom. The Kier molecular flexibility index (Phi) is 7.33. The molecule has 27 heavy (non-hydrogen) atoms. The van der Waals surface area contributed by atoms with E-state index in [1.165, 1.54) is 0 Å². The Hall–Kier alpha value is -3.10. The number of carbonyl (C=O) groups is 2. The zero-order valence-corrected chi connectivity index (χ0v) is 14.9. The van der Waals surface area contributed by atoms with Gasteiger partial charge in [0.05, 0.1) is 5.56 Å². The number of hydrogen-bond donors (Lipinski definition) is 2. The number of nitrogens with zero attached hydrogens (tertiary/aromatic N) is 2. The van der Waals surface area contributed by atoms with E-state index >= 15 is 0 Å². The van der Waals surface area contributed by atoms with Crippen LogP contribution in [0.25, 0.3) is 0 Å². The van der Waals surface area contributed by atoms with Crippen molar-refractivity contribution in [2.24, 2.45) is 0 Å². The third-order valence-corrected chi connectivity index (χ3v) is 3.58. The summed E-state index contributed by atoms with van der Waals surface area (Å²) >= 11 is 0. The lowest BCUT2D eigenvalue weighted by Gasteiger charge is -2.22. The summed E-state index contributed by atoms with van der Waals surface area (Å²) in [5.41, 5.74) is 4.13. The fourth-order valence-electron chi connectivity index (χ4n) is 2.22. The maximum absolute atomic E-state index is 11.2. The van der Waals surface area contributed by atoms with Crippen molar-refractivity contribution in [1.82, 2.24) is 4.98 Å². The summed E-state index contributed by atoms with van der Waals surface area (Å²) in [5, 5.41) is 16.3. The van der Waals surface area contributed by atoms with Crippen LogP contribution in [0.15, 0.2) is 36.5 Å². The molecule has 0 bridgehead atoms. The molecule has 0 saturated heterocycles. The molecular formula is C18H19F3N2O4. The molecule has 0 saturated carbocycles. The normalized spacial score (nSPS) is 10.6. The van der Waals surface area contributed by atoms with Gasteiger partial charge in [-0.3, -0.25) is 4.98 Å². The highest BCUT2D eigenvalue weighted by Crippen LogP contribution is 2.23. The van der Waals surface area contributed by atoms with E-state index in [1.807, 2.05) is 50.2 Å². The predicted octanol–water partition coefficient (Wildman–Crippen LogP) is 3.67. The second-order valence-corrected chi connectivity index (χ2v) is 5.72. The van der Waals surface area contributed by atoms with Crippen LogP contribution in [0.3, 0.4) is 0 Å². The van der Waals surface area contributed by atoms with Crippen LogP contribution in [0.2, 0.25) is 0 Å². The van der Waals surface area contributed by atoms with Gasteiger partial charge in [-0.25, -0.2) is 9.59 Å². The summed E-state index contributed by atoms with van der Waals surface area (Å²) in [6.45, 7) is 4.48. The van der Waals surface area contributed by atoms with Crippen molar-refractivity contribution in [2.45, 2.75) is 26.6 Å². The van der Waals surface area contributed by atoms with E-state index in [0.717, 1.165) is 22.5 Å². The first-order valence-corrected chi connectivity index (χ1v) is 7.69. The summed E-state index contributed by atoms with van der Waals surface area (Å²) < 4.78 is 31.7. The van der Waals surface area contributed by atoms with Crippen LogP contribution in [-0.4, -0.2) is 40.4 Å². The minimum Gasteiger partial charge on any atom is -0.478 e. The largest absolute Gasteiger partial charge is 0.490 e. The molecule has 0 aliphatic carbocycles. The molecule has 0 fully saturated rings. The summed E-state index contributed by atoms with van der Waals surface area (Å²) in [7, 11) is 1.95. The predicted molar refractivity (Wildman–Crippen MR) is 92.9 cm³/mol. The Morgan fingerprint density at radius 2 is 1.70 bits per heavy atom. The summed E-state index contributed by atoms with van der Waals surface area (Å²) in [4.78, 5) is 26.4. The molecule has 0 radical (unpaired) electrons. The lowest BCUT2D eigenvalue weighted by Crippen LogP contribution is -2.21. The number of hydrogen-bond acceptors (Lipinski definition) is 4. The average Bonchev–Trinajstić information content (AvgIpc) is 2.56. The smallest absolute Gasteiger partial charge is 0.478 e. The van der Waals surface area contributed by atoms with Crippen LogP contribution < -0.4 is 4.90 Å². The number of aromatic nitrogens is 1. The summed E-state index contributed by atoms with van der Waals surface area (Å²) in [6, 6.07) is 9.35. The van der Waals surface area contributed by atoms with Gasteiger partial charge < -0.3 is 15.1 Å². The molecule has 1 aromatic carbocycles. The molecule has 6 nitrogen and oxygen atoms in total. The Morgan fingerprint density at radius 3 is 2.15 bits per heavy atom. The minimum atomic E-state index is -5.08. The second kappa shape index (κ2) is 9.02. The highest BCUT2D eigenvalue weighted by atomic mass is 19.4. The van der Waals surface area contributed by atoms with E-state index in [0.29, 0.717) is 12.1 Å². The molecule has 0 spiro atoms. The molecular weight excluding hydrogens is 365 g/mol. The van der Waals surface area contributed by atoms with Crippen LogP contribution in [0.5, 0.6) is 0 Å². The van der Waals surface area contributed by atoms with Crippen LogP contribution >= 0.6 is 0 Å². The van der Waals surface area contributed by atoms with E-state index in [9.17, 15) is 18.0 Å². The molecule has 1 heterocycles. The number of benzene rings is 1. The molecule has 2 aromatic rings. The Bertz CT molecular complexity index is 805. The molecule has 0 atom stereocenters. The third-order valence-electron chi connectivity index (χ3n) is 3.58. The number of halogens is 3. The quantitative estimate of drug-likeness (QED) is 0.836. The van der Waals surface area contributed by atoms with Crippen LogP contribution in [-0.2, 0) is 11.3 Å². The zero-order chi connectivity index (χ0) is 20.8. The van der Waals surface area contributed by atoms with Gasteiger partial charge in [-0.15, -0.1) is 0 Å². The van der Waals surface area contributed by atoms with Crippen molar-refractivity contribution < 1.29 is 33.0 Å². The van der Waals surface area contributed by atoms with Crippen LogP contribution in [0.1, 0.15) is 27.2 Å². The zero-order valence-electron chi connectivity index (χ0n) is 14.9. The van der Waals surface area contributed by atoms with Crippen molar-refractivity contribution in [2.75, 3.05) is 11.9 Å². The summed E-state index contributed by atoms with van der Waals surface area (Å²) in [5.74, 6) is -3.65. The lowest BCUT2D eigenvalue weighted by molar-refractivity contribution is -0.192. The van der Waals surface area contributed by atoms with E-state index < -0.39 is 18.1 Å². The standard InChI is InChI=1S/C16H18N2O2.C2HF3O2/c1-11-7-8-13(9-17-11)10-18(3)15-6-4-5-14(12(15)2)16(19)20;3-2(4,5)1(6)7/h4-9H,10H2,1-3H3,(H,19,20);(H,6,7). The van der Waals surface area contributed by atoms with Crippen molar-refractivity contribution >= 4 is 17.6 Å². The Labute approximate surface area is 153 Å². The third kappa shape index (κ3) is 6.61. The van der Waals surface area contributed by atoms with Gasteiger partial charge in [0, 0.05) is 31.2 Å². The van der Waals surface area contributed by atoms with Crippen molar-refractivity contribution in [3.05, 3.63) is 58.9 Å². The van der Waals surface area contributed by atoms with Gasteiger partial charge in [-0.2, -0.15) is 13.2 Å². The second-order valence-electron chi connectivity index (χ2n) is 5.72. The topological polar surface area (TPSA) is 90.7 Å². The van der Waals surface area contributed by atoms with E-state index in [1.54, 1.807) is 12.1 Å². The van der Waals surface area contributed by atoms with Gasteiger partial charge in [0.1, 0.15) is 0 Å². The minimum absolute atomic E-state index is 0.344. The molecule has 0 amide bonds. The molecule has 1 aromatic heterocycles. The highest BCUT2D eigenvalue weighted by Gasteiger charge is 2.38. The van der Waals surface area contributed by atoms with Crippen molar-refractivity contribution in [3.8, 4) is 0 Å². The number of aliphatic carboxylic acids is 1. The van der Waals surface area contributed by atoms with Crippen LogP contribution in [0, 0.1) is 13.8 Å². The van der Waals surface area contributed by atoms with Gasteiger partial charge in [0.25, 0.3) is 0 Å². The number of pyridine rings is 1. The monoisotopic (exact) mass is 384 g/mol.